The first kappa shape index (κ1) is 13.2. The number of amides is 2. The molecule has 1 heterocycles. The Morgan fingerprint density at radius 2 is 2.00 bits per heavy atom. The van der Waals surface area contributed by atoms with Crippen LogP contribution in [0.25, 0.3) is 0 Å². The Balaban J connectivity index is 1.65. The molecule has 1 aromatic rings. The summed E-state index contributed by atoms with van der Waals surface area (Å²) >= 11 is 0. The first-order chi connectivity index (χ1) is 9.59. The highest BCUT2D eigenvalue weighted by atomic mass is 16.2. The van der Waals surface area contributed by atoms with Crippen LogP contribution in [-0.2, 0) is 9.59 Å². The van der Waals surface area contributed by atoms with Gasteiger partial charge in [-0.15, -0.1) is 0 Å². The molecular formula is C16H20N2O2. The molecule has 0 radical (unpaired) electrons. The van der Waals surface area contributed by atoms with Crippen molar-refractivity contribution >= 4 is 17.5 Å². The van der Waals surface area contributed by atoms with Crippen molar-refractivity contribution in [2.24, 2.45) is 5.92 Å². The number of hydrogen-bond donors (Lipinski definition) is 1. The number of likely N-dealkylation sites (tertiary alicyclic amines) is 1. The Kier molecular flexibility index (Phi) is 3.24. The molecule has 1 aliphatic heterocycles. The largest absolute Gasteiger partial charge is 0.328 e. The minimum atomic E-state index is -0.679. The van der Waals surface area contributed by atoms with Crippen LogP contribution in [0.3, 0.4) is 0 Å². The molecule has 106 valence electrons. The third-order valence-electron chi connectivity index (χ3n) is 4.40. The van der Waals surface area contributed by atoms with Crippen molar-refractivity contribution in [1.82, 2.24) is 4.90 Å². The van der Waals surface area contributed by atoms with Gasteiger partial charge in [-0.05, 0) is 44.2 Å². The summed E-state index contributed by atoms with van der Waals surface area (Å²) in [5.41, 5.74) is 0.0992. The fourth-order valence-corrected chi connectivity index (χ4v) is 2.66. The monoisotopic (exact) mass is 272 g/mol. The topological polar surface area (TPSA) is 49.4 Å². The summed E-state index contributed by atoms with van der Waals surface area (Å²) in [6, 6.07) is 9.39. The Hall–Kier alpha value is -1.84. The minimum Gasteiger partial charge on any atom is -0.328 e. The third kappa shape index (κ3) is 2.42. The Bertz CT molecular complexity index is 525. The smallest absolute Gasteiger partial charge is 0.250 e. The van der Waals surface area contributed by atoms with E-state index in [-0.39, 0.29) is 11.8 Å². The maximum Gasteiger partial charge on any atom is 0.250 e. The summed E-state index contributed by atoms with van der Waals surface area (Å²) in [4.78, 5) is 26.4. The number of anilines is 1. The molecule has 1 saturated carbocycles. The number of carbonyl (C=O) groups is 2. The van der Waals surface area contributed by atoms with Crippen molar-refractivity contribution in [3.05, 3.63) is 30.3 Å². The summed E-state index contributed by atoms with van der Waals surface area (Å²) in [6.07, 6.45) is 3.66. The standard InChI is InChI=1S/C16H20N2O2/c1-16(15(20)17-13-5-3-2-4-6-13)9-10-18(16)14(19)11-12-7-8-12/h2-6,12H,7-11H2,1H3,(H,17,20). The molecular weight excluding hydrogens is 252 g/mol. The molecule has 2 amide bonds. The van der Waals surface area contributed by atoms with E-state index in [0.717, 1.165) is 24.9 Å². The first-order valence-corrected chi connectivity index (χ1v) is 7.26. The fourth-order valence-electron chi connectivity index (χ4n) is 2.66. The van der Waals surface area contributed by atoms with Gasteiger partial charge in [-0.2, -0.15) is 0 Å². The van der Waals surface area contributed by atoms with Gasteiger partial charge in [0.2, 0.25) is 11.8 Å². The quantitative estimate of drug-likeness (QED) is 0.915. The van der Waals surface area contributed by atoms with Crippen molar-refractivity contribution in [2.75, 3.05) is 11.9 Å². The van der Waals surface area contributed by atoms with Crippen LogP contribution in [0.4, 0.5) is 5.69 Å². The number of hydrogen-bond acceptors (Lipinski definition) is 2. The summed E-state index contributed by atoms with van der Waals surface area (Å²) in [5.74, 6) is 0.605. The van der Waals surface area contributed by atoms with Crippen molar-refractivity contribution in [1.29, 1.82) is 0 Å². The third-order valence-corrected chi connectivity index (χ3v) is 4.40. The second-order valence-electron chi connectivity index (χ2n) is 6.04. The molecule has 1 saturated heterocycles. The molecule has 2 aliphatic rings. The predicted molar refractivity (Wildman–Crippen MR) is 77.1 cm³/mol. The second-order valence-corrected chi connectivity index (χ2v) is 6.04. The fraction of sp³-hybridized carbons (Fsp3) is 0.500. The van der Waals surface area contributed by atoms with Crippen molar-refractivity contribution in [3.8, 4) is 0 Å². The normalized spacial score (nSPS) is 24.9. The number of carbonyl (C=O) groups excluding carboxylic acids is 2. The lowest BCUT2D eigenvalue weighted by Gasteiger charge is -2.49. The molecule has 2 fully saturated rings. The van der Waals surface area contributed by atoms with E-state index in [9.17, 15) is 9.59 Å². The molecule has 4 nitrogen and oxygen atoms in total. The van der Waals surface area contributed by atoms with Crippen molar-refractivity contribution < 1.29 is 9.59 Å². The minimum absolute atomic E-state index is 0.0842. The second kappa shape index (κ2) is 4.93. The Morgan fingerprint density at radius 3 is 2.55 bits per heavy atom. The van der Waals surface area contributed by atoms with Gasteiger partial charge in [0.1, 0.15) is 5.54 Å². The van der Waals surface area contributed by atoms with Crippen LogP contribution in [-0.4, -0.2) is 28.8 Å². The van der Waals surface area contributed by atoms with E-state index in [1.165, 1.54) is 0 Å². The van der Waals surface area contributed by atoms with Crippen LogP contribution < -0.4 is 5.32 Å². The van der Waals surface area contributed by atoms with Crippen molar-refractivity contribution in [3.63, 3.8) is 0 Å². The van der Waals surface area contributed by atoms with E-state index in [4.69, 9.17) is 0 Å². The first-order valence-electron chi connectivity index (χ1n) is 7.26. The molecule has 0 bridgehead atoms. The molecule has 1 aromatic carbocycles. The van der Waals surface area contributed by atoms with E-state index in [1.54, 1.807) is 4.90 Å². The summed E-state index contributed by atoms with van der Waals surface area (Å²) in [5, 5.41) is 2.91. The van der Waals surface area contributed by atoms with E-state index >= 15 is 0 Å². The SMILES string of the molecule is CC1(C(=O)Nc2ccccc2)CCN1C(=O)CC1CC1. The Morgan fingerprint density at radius 1 is 1.30 bits per heavy atom. The molecule has 20 heavy (non-hydrogen) atoms. The van der Waals surface area contributed by atoms with Gasteiger partial charge < -0.3 is 10.2 Å². The van der Waals surface area contributed by atoms with Crippen molar-refractivity contribution in [2.45, 2.75) is 38.1 Å². The van der Waals surface area contributed by atoms with Crippen LogP contribution in [0, 0.1) is 5.92 Å². The lowest BCUT2D eigenvalue weighted by atomic mass is 9.85. The molecule has 0 spiro atoms. The predicted octanol–water partition coefficient (Wildman–Crippen LogP) is 2.42. The highest BCUT2D eigenvalue weighted by Gasteiger charge is 2.49. The van der Waals surface area contributed by atoms with Crippen LogP contribution >= 0.6 is 0 Å². The van der Waals surface area contributed by atoms with Gasteiger partial charge in [0.25, 0.3) is 0 Å². The number of benzene rings is 1. The molecule has 3 rings (SSSR count). The molecule has 1 N–H and O–H groups in total. The van der Waals surface area contributed by atoms with Gasteiger partial charge in [-0.1, -0.05) is 18.2 Å². The van der Waals surface area contributed by atoms with Crippen LogP contribution in [0.1, 0.15) is 32.6 Å². The number of rotatable bonds is 4. The zero-order valence-electron chi connectivity index (χ0n) is 11.8. The average Bonchev–Trinajstić information content (AvgIpc) is 3.21. The van der Waals surface area contributed by atoms with E-state index < -0.39 is 5.54 Å². The lowest BCUT2D eigenvalue weighted by Crippen LogP contribution is -2.66. The van der Waals surface area contributed by atoms with Crippen LogP contribution in [0.5, 0.6) is 0 Å². The summed E-state index contributed by atoms with van der Waals surface area (Å²) in [6.45, 7) is 2.56. The lowest BCUT2D eigenvalue weighted by molar-refractivity contribution is -0.155. The van der Waals surface area contributed by atoms with Gasteiger partial charge in [0, 0.05) is 18.7 Å². The average molecular weight is 272 g/mol. The highest BCUT2D eigenvalue weighted by molar-refractivity contribution is 6.01. The zero-order valence-corrected chi connectivity index (χ0v) is 11.8. The van der Waals surface area contributed by atoms with Gasteiger partial charge in [0.05, 0.1) is 0 Å². The molecule has 1 unspecified atom stereocenters. The van der Waals surface area contributed by atoms with E-state index in [0.29, 0.717) is 18.9 Å². The highest BCUT2D eigenvalue weighted by Crippen LogP contribution is 2.37. The molecule has 0 aromatic heterocycles. The maximum absolute atomic E-state index is 12.4. The van der Waals surface area contributed by atoms with Gasteiger partial charge in [-0.25, -0.2) is 0 Å². The molecule has 1 aliphatic carbocycles. The van der Waals surface area contributed by atoms with Gasteiger partial charge in [-0.3, -0.25) is 9.59 Å². The maximum atomic E-state index is 12.4. The van der Waals surface area contributed by atoms with Gasteiger partial charge >= 0.3 is 0 Å². The van der Waals surface area contributed by atoms with E-state index in [1.807, 2.05) is 37.3 Å². The number of para-hydroxylation sites is 1. The van der Waals surface area contributed by atoms with Gasteiger partial charge in [0.15, 0.2) is 0 Å². The zero-order chi connectivity index (χ0) is 14.2. The molecule has 4 heteroatoms. The summed E-state index contributed by atoms with van der Waals surface area (Å²) in [7, 11) is 0. The molecule has 1 atom stereocenters. The number of nitrogens with zero attached hydrogens (tertiary/aromatic N) is 1. The van der Waals surface area contributed by atoms with E-state index in [2.05, 4.69) is 5.32 Å². The van der Waals surface area contributed by atoms with Crippen LogP contribution in [0.2, 0.25) is 0 Å². The van der Waals surface area contributed by atoms with Crippen LogP contribution in [0.15, 0.2) is 30.3 Å². The summed E-state index contributed by atoms with van der Waals surface area (Å²) < 4.78 is 0. The number of nitrogens with one attached hydrogen (secondary N) is 1. The Labute approximate surface area is 119 Å².